The summed E-state index contributed by atoms with van der Waals surface area (Å²) < 4.78 is 0. The maximum Gasteiger partial charge on any atom is 0.238 e. The number of pyridine rings is 1. The molecule has 1 unspecified atom stereocenters. The number of amides is 2. The van der Waals surface area contributed by atoms with Gasteiger partial charge in [0.25, 0.3) is 0 Å². The van der Waals surface area contributed by atoms with Crippen molar-refractivity contribution in [1.29, 1.82) is 0 Å². The van der Waals surface area contributed by atoms with E-state index in [1.807, 2.05) is 73.7 Å². The molecule has 30 heavy (non-hydrogen) atoms. The first kappa shape index (κ1) is 19.8. The number of hydrogen-bond donors (Lipinski definition) is 1. The van der Waals surface area contributed by atoms with E-state index in [0.29, 0.717) is 13.0 Å². The smallest absolute Gasteiger partial charge is 0.238 e. The minimum atomic E-state index is -0.921. The zero-order valence-electron chi connectivity index (χ0n) is 17.3. The van der Waals surface area contributed by atoms with E-state index in [1.165, 1.54) is 0 Å². The van der Waals surface area contributed by atoms with Crippen LogP contribution in [0, 0.1) is 6.92 Å². The zero-order valence-corrected chi connectivity index (χ0v) is 17.3. The van der Waals surface area contributed by atoms with Gasteiger partial charge in [0.15, 0.2) is 0 Å². The van der Waals surface area contributed by atoms with Gasteiger partial charge in [0.2, 0.25) is 11.8 Å². The Labute approximate surface area is 176 Å². The molecule has 2 amide bonds. The van der Waals surface area contributed by atoms with Crippen LogP contribution in [0.25, 0.3) is 0 Å². The predicted molar refractivity (Wildman–Crippen MR) is 117 cm³/mol. The molecule has 0 spiro atoms. The third kappa shape index (κ3) is 3.59. The molecule has 1 aliphatic rings. The van der Waals surface area contributed by atoms with Crippen LogP contribution in [0.5, 0.6) is 0 Å². The van der Waals surface area contributed by atoms with Crippen molar-refractivity contribution >= 4 is 17.5 Å². The SMILES string of the molecule is Cc1cccnc1CNC(=O)CC1(Cc2ccccc2)C(=O)N(C)c2ccccc21. The Bertz CT molecular complexity index is 1080. The monoisotopic (exact) mass is 399 g/mol. The maximum atomic E-state index is 13.5. The highest BCUT2D eigenvalue weighted by molar-refractivity contribution is 6.09. The van der Waals surface area contributed by atoms with Gasteiger partial charge in [-0.1, -0.05) is 54.6 Å². The summed E-state index contributed by atoms with van der Waals surface area (Å²) in [5, 5.41) is 2.97. The van der Waals surface area contributed by atoms with Crippen molar-refractivity contribution in [2.75, 3.05) is 11.9 Å². The van der Waals surface area contributed by atoms with Crippen LogP contribution in [0.2, 0.25) is 0 Å². The number of benzene rings is 2. The van der Waals surface area contributed by atoms with Crippen LogP contribution in [-0.2, 0) is 28.0 Å². The number of aromatic nitrogens is 1. The molecule has 5 heteroatoms. The Hall–Kier alpha value is -3.47. The Morgan fingerprint density at radius 3 is 2.53 bits per heavy atom. The number of anilines is 1. The quantitative estimate of drug-likeness (QED) is 0.689. The molecule has 5 nitrogen and oxygen atoms in total. The van der Waals surface area contributed by atoms with Gasteiger partial charge < -0.3 is 10.2 Å². The number of nitrogens with zero attached hydrogens (tertiary/aromatic N) is 2. The molecule has 2 aromatic carbocycles. The van der Waals surface area contributed by atoms with E-state index >= 15 is 0 Å². The number of carbonyl (C=O) groups is 2. The summed E-state index contributed by atoms with van der Waals surface area (Å²) in [7, 11) is 1.78. The molecule has 0 radical (unpaired) electrons. The molecule has 0 aliphatic carbocycles. The van der Waals surface area contributed by atoms with Crippen molar-refractivity contribution in [3.05, 3.63) is 95.3 Å². The number of fused-ring (bicyclic) bond motifs is 1. The molecular formula is C25H25N3O2. The number of carbonyl (C=O) groups excluding carboxylic acids is 2. The van der Waals surface area contributed by atoms with Gasteiger partial charge in [-0.3, -0.25) is 14.6 Å². The number of aryl methyl sites for hydroxylation is 1. The topological polar surface area (TPSA) is 62.3 Å². The van der Waals surface area contributed by atoms with Crippen LogP contribution in [0.3, 0.4) is 0 Å². The number of nitrogens with one attached hydrogen (secondary N) is 1. The zero-order chi connectivity index (χ0) is 21.1. The molecule has 152 valence electrons. The summed E-state index contributed by atoms with van der Waals surface area (Å²) in [6.07, 6.45) is 2.29. The van der Waals surface area contributed by atoms with Crippen LogP contribution in [0.1, 0.15) is 28.8 Å². The second-order valence-corrected chi connectivity index (χ2v) is 7.85. The van der Waals surface area contributed by atoms with Crippen LogP contribution in [0.15, 0.2) is 72.9 Å². The number of para-hydroxylation sites is 1. The van der Waals surface area contributed by atoms with Gasteiger partial charge in [0.1, 0.15) is 0 Å². The summed E-state index contributed by atoms with van der Waals surface area (Å²) in [5.41, 5.74) is 3.74. The summed E-state index contributed by atoms with van der Waals surface area (Å²) in [6.45, 7) is 2.32. The van der Waals surface area contributed by atoms with Crippen molar-refractivity contribution in [2.45, 2.75) is 31.7 Å². The highest BCUT2D eigenvalue weighted by Gasteiger charge is 2.50. The van der Waals surface area contributed by atoms with Crippen LogP contribution < -0.4 is 10.2 Å². The van der Waals surface area contributed by atoms with E-state index in [0.717, 1.165) is 28.1 Å². The molecule has 4 rings (SSSR count). The summed E-state index contributed by atoms with van der Waals surface area (Å²) in [4.78, 5) is 32.5. The van der Waals surface area contributed by atoms with Crippen molar-refractivity contribution in [1.82, 2.24) is 10.3 Å². The average Bonchev–Trinajstić information content (AvgIpc) is 2.96. The lowest BCUT2D eigenvalue weighted by atomic mass is 9.73. The number of hydrogen-bond acceptors (Lipinski definition) is 3. The largest absolute Gasteiger partial charge is 0.350 e. The van der Waals surface area contributed by atoms with E-state index in [-0.39, 0.29) is 18.2 Å². The van der Waals surface area contributed by atoms with Crippen LogP contribution >= 0.6 is 0 Å². The van der Waals surface area contributed by atoms with Gasteiger partial charge in [-0.05, 0) is 42.2 Å². The van der Waals surface area contributed by atoms with Gasteiger partial charge in [-0.15, -0.1) is 0 Å². The lowest BCUT2D eigenvalue weighted by molar-refractivity contribution is -0.129. The van der Waals surface area contributed by atoms with Gasteiger partial charge in [0.05, 0.1) is 17.7 Å². The lowest BCUT2D eigenvalue weighted by Crippen LogP contribution is -2.44. The Morgan fingerprint density at radius 2 is 1.77 bits per heavy atom. The molecule has 3 aromatic rings. The fourth-order valence-electron chi connectivity index (χ4n) is 4.29. The standard InChI is InChI=1S/C25H25N3O2/c1-18-9-8-14-26-21(18)17-27-23(29)16-25(15-19-10-4-3-5-11-19)20-12-6-7-13-22(20)28(2)24(25)30/h3-14H,15-17H2,1-2H3,(H,27,29). The molecule has 1 aromatic heterocycles. The third-order valence-electron chi connectivity index (χ3n) is 5.88. The van der Waals surface area contributed by atoms with E-state index in [1.54, 1.807) is 18.1 Å². The van der Waals surface area contributed by atoms with Gasteiger partial charge >= 0.3 is 0 Å². The molecule has 0 fully saturated rings. The molecule has 1 atom stereocenters. The first-order valence-electron chi connectivity index (χ1n) is 10.1. The second kappa shape index (κ2) is 8.11. The molecular weight excluding hydrogens is 374 g/mol. The minimum Gasteiger partial charge on any atom is -0.350 e. The summed E-state index contributed by atoms with van der Waals surface area (Å²) in [5.74, 6) is -0.203. The van der Waals surface area contributed by atoms with Crippen molar-refractivity contribution in [3.8, 4) is 0 Å². The number of likely N-dealkylation sites (N-methyl/N-ethyl adjacent to an activating group) is 1. The second-order valence-electron chi connectivity index (χ2n) is 7.85. The fraction of sp³-hybridized carbons (Fsp3) is 0.240. The lowest BCUT2D eigenvalue weighted by Gasteiger charge is -2.28. The first-order valence-corrected chi connectivity index (χ1v) is 10.1. The first-order chi connectivity index (χ1) is 14.5. The molecule has 0 saturated heterocycles. The third-order valence-corrected chi connectivity index (χ3v) is 5.88. The Kier molecular flexibility index (Phi) is 5.36. The highest BCUT2D eigenvalue weighted by Crippen LogP contribution is 2.45. The van der Waals surface area contributed by atoms with Crippen molar-refractivity contribution in [3.63, 3.8) is 0 Å². The number of rotatable bonds is 6. The maximum absolute atomic E-state index is 13.5. The molecule has 1 aliphatic heterocycles. The Balaban J connectivity index is 1.64. The minimum absolute atomic E-state index is 0.0447. The molecule has 0 bridgehead atoms. The van der Waals surface area contributed by atoms with E-state index in [2.05, 4.69) is 10.3 Å². The summed E-state index contributed by atoms with van der Waals surface area (Å²) in [6, 6.07) is 21.5. The molecule has 0 saturated carbocycles. The molecule has 1 N–H and O–H groups in total. The van der Waals surface area contributed by atoms with E-state index in [9.17, 15) is 9.59 Å². The van der Waals surface area contributed by atoms with E-state index < -0.39 is 5.41 Å². The Morgan fingerprint density at radius 1 is 1.03 bits per heavy atom. The van der Waals surface area contributed by atoms with Gasteiger partial charge in [-0.25, -0.2) is 0 Å². The van der Waals surface area contributed by atoms with Crippen LogP contribution in [-0.4, -0.2) is 23.8 Å². The van der Waals surface area contributed by atoms with Gasteiger partial charge in [0, 0.05) is 25.4 Å². The van der Waals surface area contributed by atoms with Crippen molar-refractivity contribution in [2.24, 2.45) is 0 Å². The fourth-order valence-corrected chi connectivity index (χ4v) is 4.29. The van der Waals surface area contributed by atoms with Crippen molar-refractivity contribution < 1.29 is 9.59 Å². The van der Waals surface area contributed by atoms with E-state index in [4.69, 9.17) is 0 Å². The normalized spacial score (nSPS) is 17.7. The average molecular weight is 399 g/mol. The predicted octanol–water partition coefficient (Wildman–Crippen LogP) is 3.55. The summed E-state index contributed by atoms with van der Waals surface area (Å²) >= 11 is 0. The highest BCUT2D eigenvalue weighted by atomic mass is 16.2. The van der Waals surface area contributed by atoms with Gasteiger partial charge in [-0.2, -0.15) is 0 Å². The molecule has 2 heterocycles. The van der Waals surface area contributed by atoms with Crippen LogP contribution in [0.4, 0.5) is 5.69 Å².